The van der Waals surface area contributed by atoms with E-state index in [9.17, 15) is 23.1 Å². The number of aliphatic hydroxyl groups excluding tert-OH is 1. The smallest absolute Gasteiger partial charge is 0.393 e. The van der Waals surface area contributed by atoms with Crippen LogP contribution in [0.25, 0.3) is 0 Å². The molecule has 1 saturated carbocycles. The largest absolute Gasteiger partial charge is 0.411 e. The van der Waals surface area contributed by atoms with Crippen LogP contribution in [-0.2, 0) is 9.53 Å². The molecule has 2 N–H and O–H groups in total. The lowest BCUT2D eigenvalue weighted by Gasteiger charge is -2.25. The molecule has 0 atom stereocenters. The van der Waals surface area contributed by atoms with Crippen LogP contribution in [0, 0.1) is 5.92 Å². The first-order valence-electron chi connectivity index (χ1n) is 6.46. The molecule has 0 aromatic carbocycles. The van der Waals surface area contributed by atoms with Gasteiger partial charge in [-0.15, -0.1) is 0 Å². The first kappa shape index (κ1) is 16.2. The molecule has 0 aromatic rings. The van der Waals surface area contributed by atoms with Gasteiger partial charge in [-0.1, -0.05) is 0 Å². The summed E-state index contributed by atoms with van der Waals surface area (Å²) in [5.74, 6) is 0.0525. The standard InChI is InChI=1S/C12H20F3NO3/c13-12(14,15)8-19-6-5-11(18)16-7-9-1-3-10(17)4-2-9/h9-10,17H,1-8H2,(H,16,18). The molecule has 4 nitrogen and oxygen atoms in total. The number of hydrogen-bond acceptors (Lipinski definition) is 3. The Morgan fingerprint density at radius 1 is 1.26 bits per heavy atom. The number of rotatable bonds is 6. The molecule has 0 radical (unpaired) electrons. The first-order chi connectivity index (χ1) is 8.87. The fourth-order valence-electron chi connectivity index (χ4n) is 2.05. The van der Waals surface area contributed by atoms with Crippen molar-refractivity contribution in [2.24, 2.45) is 5.92 Å². The van der Waals surface area contributed by atoms with Crippen molar-refractivity contribution in [1.29, 1.82) is 0 Å². The van der Waals surface area contributed by atoms with Crippen LogP contribution in [0.2, 0.25) is 0 Å². The van der Waals surface area contributed by atoms with Gasteiger partial charge in [0.15, 0.2) is 0 Å². The van der Waals surface area contributed by atoms with Gasteiger partial charge >= 0.3 is 6.18 Å². The molecule has 0 spiro atoms. The van der Waals surface area contributed by atoms with Crippen LogP contribution < -0.4 is 5.32 Å². The van der Waals surface area contributed by atoms with Crippen LogP contribution in [0.15, 0.2) is 0 Å². The van der Waals surface area contributed by atoms with Gasteiger partial charge in [0.2, 0.25) is 5.91 Å². The molecule has 1 amide bonds. The van der Waals surface area contributed by atoms with E-state index in [2.05, 4.69) is 10.1 Å². The van der Waals surface area contributed by atoms with Crippen molar-refractivity contribution >= 4 is 5.91 Å². The molecule has 0 saturated heterocycles. The van der Waals surface area contributed by atoms with Gasteiger partial charge in [-0.3, -0.25) is 4.79 Å². The number of hydrogen-bond donors (Lipinski definition) is 2. The zero-order valence-corrected chi connectivity index (χ0v) is 10.7. The van der Waals surface area contributed by atoms with E-state index in [-0.39, 0.29) is 25.0 Å². The number of aliphatic hydroxyl groups is 1. The van der Waals surface area contributed by atoms with Gasteiger partial charge in [0.05, 0.1) is 12.7 Å². The van der Waals surface area contributed by atoms with Crippen molar-refractivity contribution in [3.05, 3.63) is 0 Å². The molecule has 1 aliphatic rings. The number of alkyl halides is 3. The Kier molecular flexibility index (Phi) is 6.57. The van der Waals surface area contributed by atoms with E-state index in [0.29, 0.717) is 12.5 Å². The molecule has 1 fully saturated rings. The molecule has 0 heterocycles. The van der Waals surface area contributed by atoms with Gasteiger partial charge in [0.25, 0.3) is 0 Å². The Balaban J connectivity index is 2.02. The number of carbonyl (C=O) groups is 1. The van der Waals surface area contributed by atoms with E-state index in [4.69, 9.17) is 0 Å². The highest BCUT2D eigenvalue weighted by atomic mass is 19.4. The second-order valence-corrected chi connectivity index (χ2v) is 4.90. The molecule has 0 aromatic heterocycles. The van der Waals surface area contributed by atoms with E-state index in [1.165, 1.54) is 0 Å². The first-order valence-corrected chi connectivity index (χ1v) is 6.46. The van der Waals surface area contributed by atoms with Gasteiger partial charge < -0.3 is 15.2 Å². The lowest BCUT2D eigenvalue weighted by atomic mass is 9.87. The lowest BCUT2D eigenvalue weighted by molar-refractivity contribution is -0.174. The fraction of sp³-hybridized carbons (Fsp3) is 0.917. The predicted octanol–water partition coefficient (Wildman–Crippen LogP) is 1.62. The third-order valence-electron chi connectivity index (χ3n) is 3.14. The van der Waals surface area contributed by atoms with Crippen LogP contribution in [0.1, 0.15) is 32.1 Å². The van der Waals surface area contributed by atoms with Gasteiger partial charge in [0.1, 0.15) is 6.61 Å². The third kappa shape index (κ3) is 8.05. The Labute approximate surface area is 110 Å². The highest BCUT2D eigenvalue weighted by Gasteiger charge is 2.27. The predicted molar refractivity (Wildman–Crippen MR) is 62.5 cm³/mol. The molecule has 19 heavy (non-hydrogen) atoms. The Bertz CT molecular complexity index is 276. The van der Waals surface area contributed by atoms with Gasteiger partial charge in [-0.25, -0.2) is 0 Å². The Morgan fingerprint density at radius 2 is 1.89 bits per heavy atom. The topological polar surface area (TPSA) is 58.6 Å². The molecule has 7 heteroatoms. The minimum absolute atomic E-state index is 0.0641. The lowest BCUT2D eigenvalue weighted by Crippen LogP contribution is -2.32. The molecular formula is C12H20F3NO3. The normalized spacial score (nSPS) is 24.2. The van der Waals surface area contributed by atoms with E-state index >= 15 is 0 Å². The molecule has 1 aliphatic carbocycles. The van der Waals surface area contributed by atoms with Crippen LogP contribution in [0.3, 0.4) is 0 Å². The third-order valence-corrected chi connectivity index (χ3v) is 3.14. The molecule has 1 rings (SSSR count). The summed E-state index contributed by atoms with van der Waals surface area (Å²) < 4.78 is 39.6. The second kappa shape index (κ2) is 7.69. The number of ether oxygens (including phenoxy) is 1. The maximum absolute atomic E-state index is 11.8. The summed E-state index contributed by atoms with van der Waals surface area (Å²) >= 11 is 0. The number of amides is 1. The van der Waals surface area contributed by atoms with Crippen molar-refractivity contribution in [3.63, 3.8) is 0 Å². The summed E-state index contributed by atoms with van der Waals surface area (Å²) in [7, 11) is 0. The quantitative estimate of drug-likeness (QED) is 0.728. The van der Waals surface area contributed by atoms with Gasteiger partial charge in [0, 0.05) is 13.0 Å². The molecule has 0 aliphatic heterocycles. The highest BCUT2D eigenvalue weighted by Crippen LogP contribution is 2.23. The summed E-state index contributed by atoms with van der Waals surface area (Å²) in [5.41, 5.74) is 0. The number of carbonyl (C=O) groups excluding carboxylic acids is 1. The van der Waals surface area contributed by atoms with Crippen molar-refractivity contribution in [2.45, 2.75) is 44.4 Å². The molecular weight excluding hydrogens is 263 g/mol. The van der Waals surface area contributed by atoms with E-state index < -0.39 is 12.8 Å². The minimum atomic E-state index is -4.35. The number of nitrogens with one attached hydrogen (secondary N) is 1. The van der Waals surface area contributed by atoms with E-state index in [1.807, 2.05) is 0 Å². The Morgan fingerprint density at radius 3 is 2.47 bits per heavy atom. The van der Waals surface area contributed by atoms with E-state index in [0.717, 1.165) is 25.7 Å². The zero-order valence-electron chi connectivity index (χ0n) is 10.7. The summed E-state index contributed by atoms with van der Waals surface area (Å²) in [6.45, 7) is -1.03. The SMILES string of the molecule is O=C(CCOCC(F)(F)F)NCC1CCC(O)CC1. The van der Waals surface area contributed by atoms with Crippen molar-refractivity contribution in [3.8, 4) is 0 Å². The molecule has 0 unspecified atom stereocenters. The average molecular weight is 283 g/mol. The van der Waals surface area contributed by atoms with Crippen LogP contribution in [0.4, 0.5) is 13.2 Å². The monoisotopic (exact) mass is 283 g/mol. The Hall–Kier alpha value is -0.820. The minimum Gasteiger partial charge on any atom is -0.393 e. The average Bonchev–Trinajstić information content (AvgIpc) is 2.33. The zero-order chi connectivity index (χ0) is 14.3. The van der Waals surface area contributed by atoms with Crippen LogP contribution in [-0.4, -0.2) is 43.1 Å². The molecule has 0 bridgehead atoms. The maximum Gasteiger partial charge on any atom is 0.411 e. The van der Waals surface area contributed by atoms with Crippen LogP contribution >= 0.6 is 0 Å². The molecule has 112 valence electrons. The summed E-state index contributed by atoms with van der Waals surface area (Å²) in [5, 5.41) is 12.0. The van der Waals surface area contributed by atoms with Gasteiger partial charge in [-0.2, -0.15) is 13.2 Å². The van der Waals surface area contributed by atoms with Gasteiger partial charge in [-0.05, 0) is 31.6 Å². The summed E-state index contributed by atoms with van der Waals surface area (Å²) in [6.07, 6.45) is -1.42. The number of halogens is 3. The fourth-order valence-corrected chi connectivity index (χ4v) is 2.05. The van der Waals surface area contributed by atoms with Crippen molar-refractivity contribution < 1.29 is 27.8 Å². The van der Waals surface area contributed by atoms with Crippen molar-refractivity contribution in [1.82, 2.24) is 5.32 Å². The highest BCUT2D eigenvalue weighted by molar-refractivity contribution is 5.75. The summed E-state index contributed by atoms with van der Waals surface area (Å²) in [4.78, 5) is 11.4. The van der Waals surface area contributed by atoms with Crippen LogP contribution in [0.5, 0.6) is 0 Å². The van der Waals surface area contributed by atoms with E-state index in [1.54, 1.807) is 0 Å². The second-order valence-electron chi connectivity index (χ2n) is 4.90. The maximum atomic E-state index is 11.8. The van der Waals surface area contributed by atoms with Crippen molar-refractivity contribution in [2.75, 3.05) is 19.8 Å². The summed E-state index contributed by atoms with van der Waals surface area (Å²) in [6, 6.07) is 0.